The van der Waals surface area contributed by atoms with Gasteiger partial charge in [0.15, 0.2) is 4.34 Å². The number of para-hydroxylation sites is 1. The first-order chi connectivity index (χ1) is 11.5. The fourth-order valence-electron chi connectivity index (χ4n) is 2.07. The van der Waals surface area contributed by atoms with E-state index in [1.165, 1.54) is 11.8 Å². The van der Waals surface area contributed by atoms with Crippen molar-refractivity contribution in [2.24, 2.45) is 5.73 Å². The smallest absolute Gasteiger partial charge is 0.248 e. The zero-order valence-electron chi connectivity index (χ0n) is 12.9. The molecule has 0 saturated carbocycles. The number of nitrogens with zero attached hydrogens (tertiary/aromatic N) is 1. The van der Waals surface area contributed by atoms with E-state index in [0.29, 0.717) is 11.3 Å². The number of carbonyl (C=O) groups excluding carboxylic acids is 2. The molecule has 3 aromatic rings. The van der Waals surface area contributed by atoms with Crippen LogP contribution in [-0.2, 0) is 4.79 Å². The minimum atomic E-state index is -0.493. The van der Waals surface area contributed by atoms with Crippen LogP contribution in [0.4, 0.5) is 5.69 Å². The highest BCUT2D eigenvalue weighted by atomic mass is 32.2. The molecule has 1 atom stereocenters. The number of carbonyl (C=O) groups is 2. The highest BCUT2D eigenvalue weighted by Crippen LogP contribution is 2.32. The second kappa shape index (κ2) is 7.02. The molecule has 3 rings (SSSR count). The Morgan fingerprint density at radius 1 is 1.17 bits per heavy atom. The van der Waals surface area contributed by atoms with Crippen LogP contribution in [-0.4, -0.2) is 22.0 Å². The largest absolute Gasteiger partial charge is 0.366 e. The highest BCUT2D eigenvalue weighted by molar-refractivity contribution is 8.02. The van der Waals surface area contributed by atoms with Crippen molar-refractivity contribution >= 4 is 50.8 Å². The third-order valence-corrected chi connectivity index (χ3v) is 5.59. The molecule has 0 unspecified atom stereocenters. The standard InChI is InChI=1S/C17H15N3O2S2/c1-10(23-17-20-13-4-2-3-5-14(13)24-17)16(22)19-12-8-6-11(7-9-12)15(18)21/h2-10H,1H3,(H2,18,21)(H,19,22)/t10-/m1/s1. The van der Waals surface area contributed by atoms with Crippen LogP contribution in [0.1, 0.15) is 17.3 Å². The Bertz CT molecular complexity index is 857. The van der Waals surface area contributed by atoms with E-state index in [1.807, 2.05) is 31.2 Å². The molecule has 0 saturated heterocycles. The zero-order chi connectivity index (χ0) is 17.1. The molecular weight excluding hydrogens is 342 g/mol. The van der Waals surface area contributed by atoms with Crippen LogP contribution in [0, 0.1) is 0 Å². The molecule has 7 heteroatoms. The van der Waals surface area contributed by atoms with Gasteiger partial charge in [0.1, 0.15) is 0 Å². The number of benzene rings is 2. The minimum absolute atomic E-state index is 0.119. The number of thiazole rings is 1. The van der Waals surface area contributed by atoms with Crippen LogP contribution >= 0.6 is 23.1 Å². The summed E-state index contributed by atoms with van der Waals surface area (Å²) in [5.41, 5.74) is 7.17. The maximum absolute atomic E-state index is 12.3. The number of amides is 2. The van der Waals surface area contributed by atoms with E-state index in [-0.39, 0.29) is 11.2 Å². The van der Waals surface area contributed by atoms with Gasteiger partial charge in [-0.1, -0.05) is 23.9 Å². The molecule has 0 bridgehead atoms. The molecular formula is C17H15N3O2S2. The van der Waals surface area contributed by atoms with Gasteiger partial charge in [0.25, 0.3) is 0 Å². The average Bonchev–Trinajstić information content (AvgIpc) is 2.97. The molecule has 0 fully saturated rings. The topological polar surface area (TPSA) is 85.1 Å². The summed E-state index contributed by atoms with van der Waals surface area (Å²) in [5.74, 6) is -0.612. The van der Waals surface area contributed by atoms with Gasteiger partial charge in [-0.25, -0.2) is 4.98 Å². The first-order valence-corrected chi connectivity index (χ1v) is 8.95. The molecule has 24 heavy (non-hydrogen) atoms. The molecule has 0 aliphatic carbocycles. The number of aromatic nitrogens is 1. The fraction of sp³-hybridized carbons (Fsp3) is 0.118. The predicted molar refractivity (Wildman–Crippen MR) is 98.5 cm³/mol. The van der Waals surface area contributed by atoms with Crippen LogP contribution < -0.4 is 11.1 Å². The van der Waals surface area contributed by atoms with Crippen LogP contribution in [0.15, 0.2) is 52.9 Å². The molecule has 2 amide bonds. The second-order valence-electron chi connectivity index (χ2n) is 5.14. The Kier molecular flexibility index (Phi) is 4.82. The molecule has 0 radical (unpaired) electrons. The van der Waals surface area contributed by atoms with Gasteiger partial charge < -0.3 is 11.1 Å². The summed E-state index contributed by atoms with van der Waals surface area (Å²) >= 11 is 3.00. The first kappa shape index (κ1) is 16.5. The Labute approximate surface area is 147 Å². The normalized spacial score (nSPS) is 12.0. The molecule has 3 N–H and O–H groups in total. The van der Waals surface area contributed by atoms with Crippen molar-refractivity contribution < 1.29 is 9.59 Å². The number of anilines is 1. The Morgan fingerprint density at radius 3 is 2.54 bits per heavy atom. The Balaban J connectivity index is 1.64. The van der Waals surface area contributed by atoms with Crippen molar-refractivity contribution in [2.45, 2.75) is 16.5 Å². The van der Waals surface area contributed by atoms with E-state index in [9.17, 15) is 9.59 Å². The molecule has 1 aromatic heterocycles. The number of nitrogens with two attached hydrogens (primary N) is 1. The summed E-state index contributed by atoms with van der Waals surface area (Å²) < 4.78 is 1.97. The lowest BCUT2D eigenvalue weighted by atomic mass is 10.2. The number of hydrogen-bond acceptors (Lipinski definition) is 5. The van der Waals surface area contributed by atoms with Crippen LogP contribution in [0.2, 0.25) is 0 Å². The first-order valence-electron chi connectivity index (χ1n) is 7.26. The van der Waals surface area contributed by atoms with Crippen molar-refractivity contribution in [3.63, 3.8) is 0 Å². The van der Waals surface area contributed by atoms with Gasteiger partial charge in [0, 0.05) is 11.3 Å². The Morgan fingerprint density at radius 2 is 1.88 bits per heavy atom. The number of thioether (sulfide) groups is 1. The van der Waals surface area contributed by atoms with Crippen molar-refractivity contribution in [3.8, 4) is 0 Å². The van der Waals surface area contributed by atoms with Crippen molar-refractivity contribution in [2.75, 3.05) is 5.32 Å². The summed E-state index contributed by atoms with van der Waals surface area (Å²) in [6.45, 7) is 1.84. The highest BCUT2D eigenvalue weighted by Gasteiger charge is 2.17. The Hall–Kier alpha value is -2.38. The molecule has 0 aliphatic heterocycles. The quantitative estimate of drug-likeness (QED) is 0.684. The molecule has 1 heterocycles. The van der Waals surface area contributed by atoms with Gasteiger partial charge in [-0.3, -0.25) is 9.59 Å². The van der Waals surface area contributed by atoms with Crippen molar-refractivity contribution in [1.82, 2.24) is 4.98 Å². The lowest BCUT2D eigenvalue weighted by Gasteiger charge is -2.10. The van der Waals surface area contributed by atoms with Gasteiger partial charge in [0.05, 0.1) is 15.5 Å². The molecule has 2 aromatic carbocycles. The second-order valence-corrected chi connectivity index (χ2v) is 7.76. The summed E-state index contributed by atoms with van der Waals surface area (Å²) in [6, 6.07) is 14.4. The number of primary amides is 1. The summed E-state index contributed by atoms with van der Waals surface area (Å²) in [4.78, 5) is 27.9. The third kappa shape index (κ3) is 3.74. The number of fused-ring (bicyclic) bond motifs is 1. The maximum Gasteiger partial charge on any atom is 0.248 e. The van der Waals surface area contributed by atoms with Crippen molar-refractivity contribution in [3.05, 3.63) is 54.1 Å². The number of rotatable bonds is 5. The molecule has 0 aliphatic rings. The number of hydrogen-bond donors (Lipinski definition) is 2. The van der Waals surface area contributed by atoms with Crippen molar-refractivity contribution in [1.29, 1.82) is 0 Å². The SMILES string of the molecule is C[C@@H](Sc1nc2ccccc2s1)C(=O)Nc1ccc(C(N)=O)cc1. The molecule has 122 valence electrons. The van der Waals surface area contributed by atoms with E-state index in [1.54, 1.807) is 35.6 Å². The summed E-state index contributed by atoms with van der Waals surface area (Å²) in [7, 11) is 0. The molecule has 5 nitrogen and oxygen atoms in total. The van der Waals surface area contributed by atoms with E-state index < -0.39 is 5.91 Å². The minimum Gasteiger partial charge on any atom is -0.366 e. The molecule has 0 spiro atoms. The van der Waals surface area contributed by atoms with Crippen LogP contribution in [0.3, 0.4) is 0 Å². The van der Waals surface area contributed by atoms with E-state index in [4.69, 9.17) is 5.73 Å². The fourth-order valence-corrected chi connectivity index (χ4v) is 4.28. The van der Waals surface area contributed by atoms with Crippen LogP contribution in [0.5, 0.6) is 0 Å². The average molecular weight is 357 g/mol. The van der Waals surface area contributed by atoms with Gasteiger partial charge in [-0.15, -0.1) is 11.3 Å². The van der Waals surface area contributed by atoms with Gasteiger partial charge in [-0.2, -0.15) is 0 Å². The maximum atomic E-state index is 12.3. The van der Waals surface area contributed by atoms with E-state index in [0.717, 1.165) is 14.6 Å². The monoisotopic (exact) mass is 357 g/mol. The predicted octanol–water partition coefficient (Wildman–Crippen LogP) is 3.51. The zero-order valence-corrected chi connectivity index (χ0v) is 14.5. The van der Waals surface area contributed by atoms with E-state index in [2.05, 4.69) is 10.3 Å². The van der Waals surface area contributed by atoms with Gasteiger partial charge in [0.2, 0.25) is 11.8 Å². The van der Waals surface area contributed by atoms with Gasteiger partial charge in [-0.05, 0) is 43.3 Å². The third-order valence-electron chi connectivity index (χ3n) is 3.36. The summed E-state index contributed by atoms with van der Waals surface area (Å²) in [6.07, 6.45) is 0. The van der Waals surface area contributed by atoms with Crippen LogP contribution in [0.25, 0.3) is 10.2 Å². The number of nitrogens with one attached hydrogen (secondary N) is 1. The van der Waals surface area contributed by atoms with E-state index >= 15 is 0 Å². The van der Waals surface area contributed by atoms with Gasteiger partial charge >= 0.3 is 0 Å². The lowest BCUT2D eigenvalue weighted by Crippen LogP contribution is -2.22. The lowest BCUT2D eigenvalue weighted by molar-refractivity contribution is -0.115. The summed E-state index contributed by atoms with van der Waals surface area (Å²) in [5, 5.41) is 2.54.